The van der Waals surface area contributed by atoms with E-state index in [1.54, 1.807) is 10.6 Å². The molecular weight excluding hydrogens is 443 g/mol. The van der Waals surface area contributed by atoms with Crippen molar-refractivity contribution >= 4 is 11.4 Å². The Labute approximate surface area is 201 Å². The van der Waals surface area contributed by atoms with Crippen LogP contribution in [0.5, 0.6) is 0 Å². The van der Waals surface area contributed by atoms with Crippen LogP contribution >= 0.6 is 0 Å². The van der Waals surface area contributed by atoms with Crippen LogP contribution < -0.4 is 0 Å². The molecule has 0 bridgehead atoms. The molecule has 7 nitrogen and oxygen atoms in total. The van der Waals surface area contributed by atoms with E-state index in [0.29, 0.717) is 30.2 Å². The number of fused-ring (bicyclic) bond motifs is 1. The Morgan fingerprint density at radius 2 is 1.80 bits per heavy atom. The normalized spacial score (nSPS) is 15.7. The summed E-state index contributed by atoms with van der Waals surface area (Å²) in [5.74, 6) is -0.447. The molecule has 1 atom stereocenters. The van der Waals surface area contributed by atoms with Crippen molar-refractivity contribution in [3.8, 4) is 22.5 Å². The first kappa shape index (κ1) is 21.2. The molecule has 0 radical (unpaired) electrons. The maximum atomic E-state index is 13.8. The van der Waals surface area contributed by atoms with Crippen molar-refractivity contribution in [1.82, 2.24) is 29.3 Å². The Balaban J connectivity index is 1.29. The molecule has 0 N–H and O–H groups in total. The lowest BCUT2D eigenvalue weighted by atomic mass is 10.0. The number of aromatic nitrogens is 5. The van der Waals surface area contributed by atoms with Crippen molar-refractivity contribution in [2.45, 2.75) is 25.4 Å². The predicted octanol–water partition coefficient (Wildman–Crippen LogP) is 4.70. The van der Waals surface area contributed by atoms with Gasteiger partial charge in [0.05, 0.1) is 30.0 Å². The molecule has 6 rings (SSSR count). The fraction of sp³-hybridized carbons (Fsp3) is 0.185. The number of carbonyl (C=O) groups is 1. The highest BCUT2D eigenvalue weighted by molar-refractivity contribution is 6.03. The minimum absolute atomic E-state index is 0.00450. The second kappa shape index (κ2) is 8.79. The van der Waals surface area contributed by atoms with Crippen LogP contribution in [0.2, 0.25) is 0 Å². The van der Waals surface area contributed by atoms with Crippen LogP contribution in [0.25, 0.3) is 28.0 Å². The highest BCUT2D eigenvalue weighted by Gasteiger charge is 2.33. The lowest BCUT2D eigenvalue weighted by molar-refractivity contribution is 0.0716. The van der Waals surface area contributed by atoms with Gasteiger partial charge in [0.25, 0.3) is 5.91 Å². The lowest BCUT2D eigenvalue weighted by Gasteiger charge is -2.24. The summed E-state index contributed by atoms with van der Waals surface area (Å²) in [6.45, 7) is 1.25. The first-order valence-corrected chi connectivity index (χ1v) is 11.7. The number of pyridine rings is 2. The molecule has 5 aromatic rings. The number of hydrogen-bond acceptors (Lipinski definition) is 4. The first-order valence-electron chi connectivity index (χ1n) is 11.7. The molecule has 0 spiro atoms. The van der Waals surface area contributed by atoms with Crippen LogP contribution in [-0.2, 0) is 6.54 Å². The molecular formula is C27H23FN6O. The van der Waals surface area contributed by atoms with Crippen LogP contribution in [0.3, 0.4) is 0 Å². The molecule has 5 heterocycles. The van der Waals surface area contributed by atoms with E-state index in [2.05, 4.69) is 10.1 Å². The minimum atomic E-state index is -0.380. The van der Waals surface area contributed by atoms with Crippen molar-refractivity contribution in [3.05, 3.63) is 96.8 Å². The summed E-state index contributed by atoms with van der Waals surface area (Å²) in [6, 6.07) is 20.6. The van der Waals surface area contributed by atoms with Crippen LogP contribution in [0.1, 0.15) is 23.3 Å². The largest absolute Gasteiger partial charge is 0.332 e. The summed E-state index contributed by atoms with van der Waals surface area (Å²) in [5, 5.41) is 9.30. The summed E-state index contributed by atoms with van der Waals surface area (Å²) in [6.07, 6.45) is 6.75. The van der Waals surface area contributed by atoms with Gasteiger partial charge in [0.1, 0.15) is 11.5 Å². The standard InChI is InChI=1S/C27H23FN6O/c28-20-11-12-22(29-17-20)23-13-16-32(30-23)18-21-9-6-14-33(21)27(35)26-25(19-7-2-1-3-8-19)24-10-4-5-15-34(24)31-26/h1-5,7-8,10-13,15-17,21H,6,9,14,18H2/t21-/m0/s1. The number of amides is 1. The predicted molar refractivity (Wildman–Crippen MR) is 130 cm³/mol. The maximum Gasteiger partial charge on any atom is 0.275 e. The van der Waals surface area contributed by atoms with Gasteiger partial charge >= 0.3 is 0 Å². The van der Waals surface area contributed by atoms with E-state index in [9.17, 15) is 9.18 Å². The van der Waals surface area contributed by atoms with Gasteiger partial charge in [-0.25, -0.2) is 8.91 Å². The average Bonchev–Trinajstić information content (AvgIpc) is 3.63. The van der Waals surface area contributed by atoms with E-state index in [4.69, 9.17) is 5.10 Å². The molecule has 1 aliphatic heterocycles. The van der Waals surface area contributed by atoms with Gasteiger partial charge in [0.2, 0.25) is 0 Å². The van der Waals surface area contributed by atoms with E-state index < -0.39 is 0 Å². The zero-order valence-electron chi connectivity index (χ0n) is 19.0. The number of halogens is 1. The van der Waals surface area contributed by atoms with Crippen LogP contribution in [0, 0.1) is 5.82 Å². The van der Waals surface area contributed by atoms with Gasteiger partial charge < -0.3 is 4.90 Å². The third kappa shape index (κ3) is 3.97. The summed E-state index contributed by atoms with van der Waals surface area (Å²) in [5.41, 5.74) is 4.48. The zero-order valence-corrected chi connectivity index (χ0v) is 19.0. The summed E-state index contributed by atoms with van der Waals surface area (Å²) in [4.78, 5) is 19.9. The Hall–Kier alpha value is -4.33. The molecule has 0 saturated carbocycles. The molecule has 174 valence electrons. The smallest absolute Gasteiger partial charge is 0.275 e. The molecule has 0 unspecified atom stereocenters. The number of rotatable bonds is 5. The van der Waals surface area contributed by atoms with Gasteiger partial charge in [-0.2, -0.15) is 10.2 Å². The maximum absolute atomic E-state index is 13.8. The monoisotopic (exact) mass is 466 g/mol. The summed E-state index contributed by atoms with van der Waals surface area (Å²) >= 11 is 0. The molecule has 8 heteroatoms. The van der Waals surface area contributed by atoms with Gasteiger partial charge in [-0.05, 0) is 48.7 Å². The van der Waals surface area contributed by atoms with E-state index in [-0.39, 0.29) is 17.8 Å². The van der Waals surface area contributed by atoms with Crippen molar-refractivity contribution in [1.29, 1.82) is 0 Å². The molecule has 1 aliphatic rings. The molecule has 35 heavy (non-hydrogen) atoms. The van der Waals surface area contributed by atoms with E-state index in [1.165, 1.54) is 12.3 Å². The number of benzene rings is 1. The van der Waals surface area contributed by atoms with Gasteiger partial charge in [0.15, 0.2) is 5.69 Å². The first-order chi connectivity index (χ1) is 17.2. The second-order valence-corrected chi connectivity index (χ2v) is 8.70. The van der Waals surface area contributed by atoms with E-state index >= 15 is 0 Å². The van der Waals surface area contributed by atoms with E-state index in [0.717, 1.165) is 29.5 Å². The second-order valence-electron chi connectivity index (χ2n) is 8.70. The Morgan fingerprint density at radius 1 is 0.943 bits per heavy atom. The Bertz CT molecular complexity index is 1490. The molecule has 1 fully saturated rings. The lowest BCUT2D eigenvalue weighted by Crippen LogP contribution is -2.38. The average molecular weight is 467 g/mol. The molecule has 1 aromatic carbocycles. The summed E-state index contributed by atoms with van der Waals surface area (Å²) < 4.78 is 16.8. The van der Waals surface area contributed by atoms with Crippen LogP contribution in [0.15, 0.2) is 85.3 Å². The minimum Gasteiger partial charge on any atom is -0.332 e. The Kier molecular flexibility index (Phi) is 5.33. The number of nitrogens with zero attached hydrogens (tertiary/aromatic N) is 6. The number of likely N-dealkylation sites (tertiary alicyclic amines) is 1. The van der Waals surface area contributed by atoms with Gasteiger partial charge in [-0.15, -0.1) is 0 Å². The van der Waals surface area contributed by atoms with Crippen molar-refractivity contribution < 1.29 is 9.18 Å². The molecule has 0 aliphatic carbocycles. The third-order valence-corrected chi connectivity index (χ3v) is 6.47. The highest BCUT2D eigenvalue weighted by Crippen LogP contribution is 2.31. The van der Waals surface area contributed by atoms with Gasteiger partial charge in [-0.1, -0.05) is 36.4 Å². The quantitative estimate of drug-likeness (QED) is 0.376. The number of carbonyl (C=O) groups excluding carboxylic acids is 1. The fourth-order valence-electron chi connectivity index (χ4n) is 4.81. The number of hydrogen-bond donors (Lipinski definition) is 0. The van der Waals surface area contributed by atoms with Gasteiger partial charge in [-0.3, -0.25) is 14.5 Å². The molecule has 1 amide bonds. The van der Waals surface area contributed by atoms with Crippen LogP contribution in [-0.4, -0.2) is 47.8 Å². The SMILES string of the molecule is O=C(c1nn2ccccc2c1-c1ccccc1)N1CCC[C@H]1Cn1ccc(-c2ccc(F)cn2)n1. The molecule has 1 saturated heterocycles. The van der Waals surface area contributed by atoms with Crippen LogP contribution in [0.4, 0.5) is 4.39 Å². The molecule has 4 aromatic heterocycles. The third-order valence-electron chi connectivity index (χ3n) is 6.47. The van der Waals surface area contributed by atoms with Gasteiger partial charge in [0, 0.05) is 24.5 Å². The Morgan fingerprint density at radius 3 is 2.63 bits per heavy atom. The highest BCUT2D eigenvalue weighted by atomic mass is 19.1. The van der Waals surface area contributed by atoms with Crippen molar-refractivity contribution in [2.75, 3.05) is 6.54 Å². The van der Waals surface area contributed by atoms with Crippen molar-refractivity contribution in [3.63, 3.8) is 0 Å². The van der Waals surface area contributed by atoms with Crippen molar-refractivity contribution in [2.24, 2.45) is 0 Å². The summed E-state index contributed by atoms with van der Waals surface area (Å²) in [7, 11) is 0. The fourth-order valence-corrected chi connectivity index (χ4v) is 4.81. The zero-order chi connectivity index (χ0) is 23.8. The topological polar surface area (TPSA) is 68.3 Å². The van der Waals surface area contributed by atoms with E-state index in [1.807, 2.05) is 76.6 Å².